The predicted octanol–water partition coefficient (Wildman–Crippen LogP) is 20.3. The van der Waals surface area contributed by atoms with Gasteiger partial charge in [-0.1, -0.05) is 315 Å². The molecule has 0 aromatic carbocycles. The summed E-state index contributed by atoms with van der Waals surface area (Å²) < 4.78 is 70.7. The standard InChI is InChI=1S/C75H136O14S/c1-5-9-13-17-21-25-29-33-34-38-39-43-47-51-55-59-68(76)84-63-66(86-69(77)60-56-52-48-44-40-35-30-26-22-18-14-10-6-2)64-85-75-74(89-71(79)62-58-54-50-46-42-37-32-28-24-20-16-12-8-4)73(72(80)67(87-75)65-90(81,82)83)88-70(78)61-57-53-49-45-41-36-31-27-23-19-15-11-7-3/h9,13,21,25,33-34,66-67,72-75,80H,5-8,10-12,14-20,22-24,26-32,35-65H2,1-4H3,(H,81,82,83)/b13-9+,25-21+,34-33+/t66-,67-,72-,73+,74-,75+/m1/s1. The van der Waals surface area contributed by atoms with Gasteiger partial charge in [0.15, 0.2) is 24.6 Å². The smallest absolute Gasteiger partial charge is 0.306 e. The highest BCUT2D eigenvalue weighted by Crippen LogP contribution is 2.30. The van der Waals surface area contributed by atoms with Gasteiger partial charge in [0.25, 0.3) is 10.1 Å². The molecular formula is C75H136O14S. The van der Waals surface area contributed by atoms with Crippen LogP contribution in [0.1, 0.15) is 362 Å². The quantitative estimate of drug-likeness (QED) is 0.0192. The predicted molar refractivity (Wildman–Crippen MR) is 368 cm³/mol. The number of ether oxygens (including phenoxy) is 6. The number of esters is 4. The summed E-state index contributed by atoms with van der Waals surface area (Å²) in [5.41, 5.74) is 0. The monoisotopic (exact) mass is 1290 g/mol. The van der Waals surface area contributed by atoms with Gasteiger partial charge in [-0.05, 0) is 57.8 Å². The highest BCUT2D eigenvalue weighted by atomic mass is 32.2. The van der Waals surface area contributed by atoms with Gasteiger partial charge in [-0.3, -0.25) is 23.7 Å². The van der Waals surface area contributed by atoms with Gasteiger partial charge in [0.2, 0.25) is 0 Å². The third-order valence-corrected chi connectivity index (χ3v) is 17.9. The van der Waals surface area contributed by atoms with Gasteiger partial charge in [-0.15, -0.1) is 0 Å². The summed E-state index contributed by atoms with van der Waals surface area (Å²) in [7, 11) is -4.77. The van der Waals surface area contributed by atoms with E-state index in [1.165, 1.54) is 161 Å². The molecule has 0 saturated carbocycles. The Bertz CT molecular complexity index is 1890. The number of allylic oxidation sites excluding steroid dienone is 6. The largest absolute Gasteiger partial charge is 0.462 e. The second-order valence-electron chi connectivity index (χ2n) is 25.9. The molecule has 1 aliphatic heterocycles. The van der Waals surface area contributed by atoms with Gasteiger partial charge in [-0.2, -0.15) is 8.42 Å². The highest BCUT2D eigenvalue weighted by molar-refractivity contribution is 7.85. The molecular weight excluding hydrogens is 1160 g/mol. The highest BCUT2D eigenvalue weighted by Gasteiger charge is 2.51. The van der Waals surface area contributed by atoms with Gasteiger partial charge in [0.05, 0.1) is 6.61 Å². The Morgan fingerprint density at radius 2 is 0.744 bits per heavy atom. The molecule has 1 fully saturated rings. The molecule has 0 aromatic rings. The van der Waals surface area contributed by atoms with Crippen LogP contribution in [0.15, 0.2) is 36.5 Å². The first-order valence-corrected chi connectivity index (χ1v) is 39.0. The van der Waals surface area contributed by atoms with Gasteiger partial charge in [0.1, 0.15) is 24.6 Å². The molecule has 1 aliphatic rings. The minimum atomic E-state index is -4.77. The normalized spacial score (nSPS) is 17.4. The first-order chi connectivity index (χ1) is 43.8. The summed E-state index contributed by atoms with van der Waals surface area (Å²) in [5.74, 6) is -3.39. The average Bonchev–Trinajstić information content (AvgIpc) is 0.890. The van der Waals surface area contributed by atoms with Crippen LogP contribution in [0.25, 0.3) is 0 Å². The third-order valence-electron chi connectivity index (χ3n) is 17.2. The van der Waals surface area contributed by atoms with Crippen molar-refractivity contribution in [2.75, 3.05) is 19.0 Å². The molecule has 1 rings (SSSR count). The minimum absolute atomic E-state index is 0.00628. The lowest BCUT2D eigenvalue weighted by Crippen LogP contribution is -2.62. The zero-order valence-corrected chi connectivity index (χ0v) is 58.8. The molecule has 0 amide bonds. The van der Waals surface area contributed by atoms with Crippen molar-refractivity contribution in [3.8, 4) is 0 Å². The van der Waals surface area contributed by atoms with Gasteiger partial charge >= 0.3 is 23.9 Å². The van der Waals surface area contributed by atoms with Gasteiger partial charge < -0.3 is 33.5 Å². The second-order valence-corrected chi connectivity index (χ2v) is 27.4. The fourth-order valence-electron chi connectivity index (χ4n) is 11.6. The lowest BCUT2D eigenvalue weighted by molar-refractivity contribution is -0.302. The van der Waals surface area contributed by atoms with Crippen LogP contribution in [0, 0.1) is 0 Å². The molecule has 15 heteroatoms. The third kappa shape index (κ3) is 53.3. The summed E-state index contributed by atoms with van der Waals surface area (Å²) >= 11 is 0. The van der Waals surface area contributed by atoms with E-state index in [-0.39, 0.29) is 32.3 Å². The fourth-order valence-corrected chi connectivity index (χ4v) is 12.3. The van der Waals surface area contributed by atoms with Crippen LogP contribution in [0.2, 0.25) is 0 Å². The van der Waals surface area contributed by atoms with E-state index in [1.807, 2.05) is 0 Å². The van der Waals surface area contributed by atoms with E-state index in [2.05, 4.69) is 64.2 Å². The number of carbonyl (C=O) groups is 4. The van der Waals surface area contributed by atoms with Crippen molar-refractivity contribution in [3.63, 3.8) is 0 Å². The topological polar surface area (TPSA) is 198 Å². The zero-order valence-electron chi connectivity index (χ0n) is 58.0. The van der Waals surface area contributed by atoms with Crippen LogP contribution in [0.3, 0.4) is 0 Å². The first kappa shape index (κ1) is 84.9. The Morgan fingerprint density at radius 1 is 0.411 bits per heavy atom. The number of hydrogen-bond acceptors (Lipinski definition) is 13. The van der Waals surface area contributed by atoms with E-state index in [0.29, 0.717) is 25.7 Å². The molecule has 6 atom stereocenters. The number of rotatable bonds is 65. The van der Waals surface area contributed by atoms with Gasteiger partial charge in [0, 0.05) is 25.7 Å². The molecule has 526 valence electrons. The summed E-state index contributed by atoms with van der Waals surface area (Å²) in [5, 5.41) is 11.7. The van der Waals surface area contributed by atoms with Crippen molar-refractivity contribution < 1.29 is 65.7 Å². The SMILES string of the molecule is CC/C=C/C/C=C/C/C=C/CCCCCCCC(=O)OC[C@H](CO[C@H]1O[C@H](CS(=O)(=O)O)[C@@H](O)[C@H](OC(=O)CCCCCCCCCCCCCCC)[C@H]1OC(=O)CCCCCCCCCCCCCCC)OC(=O)CCCCCCCCCCCCCCC. The van der Waals surface area contributed by atoms with Crippen LogP contribution in [-0.4, -0.2) is 97.7 Å². The van der Waals surface area contributed by atoms with E-state index < -0.39 is 83.2 Å². The van der Waals surface area contributed by atoms with E-state index in [4.69, 9.17) is 28.4 Å². The maximum Gasteiger partial charge on any atom is 0.306 e. The molecule has 0 unspecified atom stereocenters. The Morgan fingerprint density at radius 3 is 1.13 bits per heavy atom. The zero-order chi connectivity index (χ0) is 65.6. The maximum atomic E-state index is 13.8. The Labute approximate surface area is 550 Å². The lowest BCUT2D eigenvalue weighted by Gasteiger charge is -2.43. The van der Waals surface area contributed by atoms with Gasteiger partial charge in [-0.25, -0.2) is 0 Å². The molecule has 0 bridgehead atoms. The summed E-state index contributed by atoms with van der Waals surface area (Å²) in [6, 6.07) is 0. The van der Waals surface area contributed by atoms with Crippen molar-refractivity contribution in [1.82, 2.24) is 0 Å². The van der Waals surface area contributed by atoms with Crippen LogP contribution in [-0.2, 0) is 57.7 Å². The van der Waals surface area contributed by atoms with Crippen LogP contribution >= 0.6 is 0 Å². The molecule has 14 nitrogen and oxygen atoms in total. The molecule has 1 heterocycles. The number of aliphatic hydroxyl groups excluding tert-OH is 1. The Kier molecular flexibility index (Phi) is 58.5. The van der Waals surface area contributed by atoms with Crippen LogP contribution in [0.5, 0.6) is 0 Å². The van der Waals surface area contributed by atoms with Crippen molar-refractivity contribution in [2.24, 2.45) is 0 Å². The molecule has 0 radical (unpaired) electrons. The second kappa shape index (κ2) is 62.0. The Balaban J connectivity index is 3.15. The number of hydrogen-bond donors (Lipinski definition) is 2. The molecule has 0 aliphatic carbocycles. The molecule has 90 heavy (non-hydrogen) atoms. The molecule has 1 saturated heterocycles. The summed E-state index contributed by atoms with van der Waals surface area (Å²) in [6.45, 7) is 8.02. The van der Waals surface area contributed by atoms with E-state index in [0.717, 1.165) is 122 Å². The Hall–Kier alpha value is -3.11. The van der Waals surface area contributed by atoms with Crippen molar-refractivity contribution in [1.29, 1.82) is 0 Å². The summed E-state index contributed by atoms with van der Waals surface area (Å²) in [6.07, 6.45) is 56.7. The molecule has 0 aromatic heterocycles. The summed E-state index contributed by atoms with van der Waals surface area (Å²) in [4.78, 5) is 54.1. The van der Waals surface area contributed by atoms with Crippen LogP contribution < -0.4 is 0 Å². The fraction of sp³-hybridized carbons (Fsp3) is 0.867. The lowest BCUT2D eigenvalue weighted by atomic mass is 9.99. The van der Waals surface area contributed by atoms with Crippen molar-refractivity contribution in [3.05, 3.63) is 36.5 Å². The van der Waals surface area contributed by atoms with Crippen molar-refractivity contribution in [2.45, 2.75) is 398 Å². The molecule has 0 spiro atoms. The van der Waals surface area contributed by atoms with Crippen LogP contribution in [0.4, 0.5) is 0 Å². The number of aliphatic hydroxyl groups is 1. The molecule has 2 N–H and O–H groups in total. The minimum Gasteiger partial charge on any atom is -0.462 e. The first-order valence-electron chi connectivity index (χ1n) is 37.4. The van der Waals surface area contributed by atoms with Crippen molar-refractivity contribution >= 4 is 34.0 Å². The maximum absolute atomic E-state index is 13.8. The van der Waals surface area contributed by atoms with E-state index in [1.54, 1.807) is 0 Å². The number of carbonyl (C=O) groups excluding carboxylic acids is 4. The van der Waals surface area contributed by atoms with E-state index >= 15 is 0 Å². The average molecular weight is 1290 g/mol. The number of unbranched alkanes of at least 4 members (excludes halogenated alkanes) is 41. The van der Waals surface area contributed by atoms with E-state index in [9.17, 15) is 37.3 Å².